The minimum Gasteiger partial charge on any atom is -0.486 e. The number of amides is 1. The molecule has 1 aromatic carbocycles. The van der Waals surface area contributed by atoms with Crippen LogP contribution in [0.25, 0.3) is 0 Å². The lowest BCUT2D eigenvalue weighted by molar-refractivity contribution is -0.132. The molecule has 9 heteroatoms. The summed E-state index contributed by atoms with van der Waals surface area (Å²) < 4.78 is 13.7. The standard InChI is InChI=1S/C20H20N4O5/c1-22(10-15-12-28-16-4-2-3-5-17(16)29-15)18(25)11-24-19(26)13(8-21)9-23(20(24)27)14-6-7-14/h2-5,9,14-15H,6-7,10-12H2,1H3. The summed E-state index contributed by atoms with van der Waals surface area (Å²) in [6.07, 6.45) is 2.55. The second kappa shape index (κ2) is 7.47. The number of hydrogen-bond acceptors (Lipinski definition) is 6. The molecule has 0 N–H and O–H groups in total. The van der Waals surface area contributed by atoms with Crippen molar-refractivity contribution in [3.8, 4) is 17.6 Å². The van der Waals surface area contributed by atoms with Crippen LogP contribution in [0.15, 0.2) is 40.1 Å². The number of nitriles is 1. The monoisotopic (exact) mass is 396 g/mol. The molecule has 150 valence electrons. The predicted octanol–water partition coefficient (Wildman–Crippen LogP) is 0.515. The van der Waals surface area contributed by atoms with Crippen LogP contribution in [-0.4, -0.2) is 46.2 Å². The summed E-state index contributed by atoms with van der Waals surface area (Å²) in [5.74, 6) is 0.831. The van der Waals surface area contributed by atoms with Crippen molar-refractivity contribution in [1.29, 1.82) is 5.26 Å². The highest BCUT2D eigenvalue weighted by molar-refractivity contribution is 5.75. The predicted molar refractivity (Wildman–Crippen MR) is 102 cm³/mol. The molecule has 0 bridgehead atoms. The number of rotatable bonds is 5. The Morgan fingerprint density at radius 1 is 1.28 bits per heavy atom. The van der Waals surface area contributed by atoms with Gasteiger partial charge >= 0.3 is 5.69 Å². The zero-order chi connectivity index (χ0) is 20.5. The SMILES string of the molecule is CN(CC1COc2ccccc2O1)C(=O)Cn1c(=O)c(C#N)cn(C2CC2)c1=O. The molecule has 1 aromatic heterocycles. The number of para-hydroxylation sites is 2. The van der Waals surface area contributed by atoms with Crippen LogP contribution in [-0.2, 0) is 11.3 Å². The van der Waals surface area contributed by atoms with Gasteiger partial charge in [-0.3, -0.25) is 14.2 Å². The summed E-state index contributed by atoms with van der Waals surface area (Å²) in [6, 6.07) is 9.07. The van der Waals surface area contributed by atoms with Gasteiger partial charge in [0.05, 0.1) is 6.54 Å². The third-order valence-corrected chi connectivity index (χ3v) is 5.02. The number of carbonyl (C=O) groups is 1. The molecular weight excluding hydrogens is 376 g/mol. The Morgan fingerprint density at radius 2 is 2.00 bits per heavy atom. The lowest BCUT2D eigenvalue weighted by atomic mass is 10.2. The molecule has 1 saturated carbocycles. The van der Waals surface area contributed by atoms with Crippen LogP contribution in [0.3, 0.4) is 0 Å². The Labute approximate surface area is 166 Å². The fourth-order valence-corrected chi connectivity index (χ4v) is 3.27. The molecule has 1 atom stereocenters. The normalized spacial score (nSPS) is 17.4. The minimum atomic E-state index is -0.748. The van der Waals surface area contributed by atoms with Crippen LogP contribution in [0, 0.1) is 11.3 Å². The second-order valence-electron chi connectivity index (χ2n) is 7.24. The van der Waals surface area contributed by atoms with Crippen molar-refractivity contribution >= 4 is 5.91 Å². The van der Waals surface area contributed by atoms with Gasteiger partial charge in [-0.05, 0) is 25.0 Å². The first-order valence-electron chi connectivity index (χ1n) is 9.36. The summed E-state index contributed by atoms with van der Waals surface area (Å²) >= 11 is 0. The Hall–Kier alpha value is -3.54. The number of hydrogen-bond donors (Lipinski definition) is 0. The number of likely N-dealkylation sites (N-methyl/N-ethyl adjacent to an activating group) is 1. The van der Waals surface area contributed by atoms with Crippen LogP contribution >= 0.6 is 0 Å². The van der Waals surface area contributed by atoms with Crippen molar-refractivity contribution in [3.63, 3.8) is 0 Å². The zero-order valence-corrected chi connectivity index (χ0v) is 15.9. The Kier molecular flexibility index (Phi) is 4.84. The highest BCUT2D eigenvalue weighted by Crippen LogP contribution is 2.33. The van der Waals surface area contributed by atoms with E-state index in [0.29, 0.717) is 11.5 Å². The van der Waals surface area contributed by atoms with Gasteiger partial charge in [0, 0.05) is 19.3 Å². The molecule has 1 aliphatic carbocycles. The Bertz CT molecular complexity index is 1110. The molecule has 1 amide bonds. The van der Waals surface area contributed by atoms with Crippen LogP contribution < -0.4 is 20.7 Å². The van der Waals surface area contributed by atoms with E-state index < -0.39 is 23.7 Å². The number of ether oxygens (including phenoxy) is 2. The van der Waals surface area contributed by atoms with Crippen molar-refractivity contribution in [2.45, 2.75) is 31.5 Å². The lowest BCUT2D eigenvalue weighted by Gasteiger charge is -2.29. The summed E-state index contributed by atoms with van der Waals surface area (Å²) in [7, 11) is 1.57. The first-order chi connectivity index (χ1) is 14.0. The second-order valence-corrected chi connectivity index (χ2v) is 7.24. The van der Waals surface area contributed by atoms with Gasteiger partial charge in [0.25, 0.3) is 5.56 Å². The van der Waals surface area contributed by atoms with Gasteiger partial charge in [-0.25, -0.2) is 9.36 Å². The average molecular weight is 396 g/mol. The maximum absolute atomic E-state index is 12.7. The van der Waals surface area contributed by atoms with Gasteiger partial charge in [-0.1, -0.05) is 12.1 Å². The topological polar surface area (TPSA) is 107 Å². The van der Waals surface area contributed by atoms with Crippen LogP contribution in [0.1, 0.15) is 24.4 Å². The largest absolute Gasteiger partial charge is 0.486 e. The number of benzene rings is 1. The number of aromatic nitrogens is 2. The summed E-state index contributed by atoms with van der Waals surface area (Å²) in [5, 5.41) is 9.20. The van der Waals surface area contributed by atoms with Crippen molar-refractivity contribution < 1.29 is 14.3 Å². The first kappa shape index (κ1) is 18.8. The molecule has 0 saturated heterocycles. The van der Waals surface area contributed by atoms with Crippen molar-refractivity contribution in [2.75, 3.05) is 20.2 Å². The Morgan fingerprint density at radius 3 is 2.69 bits per heavy atom. The summed E-state index contributed by atoms with van der Waals surface area (Å²) in [6.45, 7) is 0.0875. The first-order valence-corrected chi connectivity index (χ1v) is 9.36. The highest BCUT2D eigenvalue weighted by Gasteiger charge is 2.28. The van der Waals surface area contributed by atoms with Crippen molar-refractivity contribution in [3.05, 3.63) is 56.9 Å². The van der Waals surface area contributed by atoms with E-state index >= 15 is 0 Å². The smallest absolute Gasteiger partial charge is 0.331 e. The number of nitrogens with zero attached hydrogens (tertiary/aromatic N) is 4. The Balaban J connectivity index is 1.48. The summed E-state index contributed by atoms with van der Waals surface area (Å²) in [4.78, 5) is 39.1. The van der Waals surface area contributed by atoms with Crippen LogP contribution in [0.4, 0.5) is 0 Å². The molecule has 0 radical (unpaired) electrons. The molecule has 4 rings (SSSR count). The molecule has 2 aliphatic rings. The third-order valence-electron chi connectivity index (χ3n) is 5.02. The fourth-order valence-electron chi connectivity index (χ4n) is 3.27. The molecule has 2 aromatic rings. The van der Waals surface area contributed by atoms with Gasteiger partial charge in [-0.2, -0.15) is 5.26 Å². The van der Waals surface area contributed by atoms with E-state index in [2.05, 4.69) is 0 Å². The third kappa shape index (κ3) is 3.74. The van der Waals surface area contributed by atoms with Gasteiger partial charge in [0.15, 0.2) is 17.6 Å². The lowest BCUT2D eigenvalue weighted by Crippen LogP contribution is -2.47. The van der Waals surface area contributed by atoms with Crippen molar-refractivity contribution in [1.82, 2.24) is 14.0 Å². The van der Waals surface area contributed by atoms with Crippen molar-refractivity contribution in [2.24, 2.45) is 0 Å². The highest BCUT2D eigenvalue weighted by atomic mass is 16.6. The molecule has 1 fully saturated rings. The van der Waals surface area contributed by atoms with E-state index in [1.165, 1.54) is 15.7 Å². The van der Waals surface area contributed by atoms with E-state index in [-0.39, 0.29) is 30.9 Å². The minimum absolute atomic E-state index is 0.0119. The molecule has 29 heavy (non-hydrogen) atoms. The van der Waals surface area contributed by atoms with Gasteiger partial charge in [-0.15, -0.1) is 0 Å². The van der Waals surface area contributed by atoms with Gasteiger partial charge < -0.3 is 14.4 Å². The number of fused-ring (bicyclic) bond motifs is 1. The summed E-state index contributed by atoms with van der Waals surface area (Å²) in [5.41, 5.74) is -1.46. The fraction of sp³-hybridized carbons (Fsp3) is 0.400. The maximum Gasteiger partial charge on any atom is 0.331 e. The van der Waals surface area contributed by atoms with Crippen LogP contribution in [0.2, 0.25) is 0 Å². The van der Waals surface area contributed by atoms with E-state index in [9.17, 15) is 19.6 Å². The molecule has 9 nitrogen and oxygen atoms in total. The molecular formula is C20H20N4O5. The quantitative estimate of drug-likeness (QED) is 0.729. The zero-order valence-electron chi connectivity index (χ0n) is 15.9. The average Bonchev–Trinajstić information content (AvgIpc) is 3.56. The maximum atomic E-state index is 12.7. The molecule has 0 spiro atoms. The molecule has 2 heterocycles. The molecule has 1 unspecified atom stereocenters. The van der Waals surface area contributed by atoms with Gasteiger partial charge in [0.1, 0.15) is 24.8 Å². The van der Waals surface area contributed by atoms with Crippen LogP contribution in [0.5, 0.6) is 11.5 Å². The number of carbonyl (C=O) groups excluding carboxylic acids is 1. The van der Waals surface area contributed by atoms with E-state index in [1.807, 2.05) is 18.2 Å². The van der Waals surface area contributed by atoms with E-state index in [4.69, 9.17) is 9.47 Å². The van der Waals surface area contributed by atoms with Gasteiger partial charge in [0.2, 0.25) is 5.91 Å². The van der Waals surface area contributed by atoms with E-state index in [0.717, 1.165) is 17.4 Å². The van der Waals surface area contributed by atoms with E-state index in [1.54, 1.807) is 19.2 Å². The molecule has 1 aliphatic heterocycles.